The number of pyridine rings is 1. The minimum Gasteiger partial charge on any atom is -0.326 e. The van der Waals surface area contributed by atoms with Crippen molar-refractivity contribution in [3.8, 4) is 0 Å². The standard InChI is InChI=1S/C21H19N3O2S/c25-20(14-16-6-2-1-3-7-16)23-17-9-11-18(12-10-17)27-15-21(26)24-19-8-4-5-13-22-19/h1-13H,14-15H2,(H,23,25)(H,22,24,26). The normalized spacial score (nSPS) is 10.2. The third-order valence-electron chi connectivity index (χ3n) is 3.65. The van der Waals surface area contributed by atoms with Crippen LogP contribution in [0.4, 0.5) is 11.5 Å². The average Bonchev–Trinajstić information content (AvgIpc) is 2.69. The van der Waals surface area contributed by atoms with E-state index in [1.807, 2.05) is 60.7 Å². The van der Waals surface area contributed by atoms with Crippen LogP contribution in [0.25, 0.3) is 0 Å². The number of rotatable bonds is 7. The lowest BCUT2D eigenvalue weighted by molar-refractivity contribution is -0.115. The van der Waals surface area contributed by atoms with Gasteiger partial charge in [-0.3, -0.25) is 9.59 Å². The van der Waals surface area contributed by atoms with E-state index in [1.165, 1.54) is 11.8 Å². The summed E-state index contributed by atoms with van der Waals surface area (Å²) in [7, 11) is 0. The van der Waals surface area contributed by atoms with Crippen molar-refractivity contribution >= 4 is 35.1 Å². The van der Waals surface area contributed by atoms with Gasteiger partial charge < -0.3 is 10.6 Å². The Balaban J connectivity index is 1.45. The minimum absolute atomic E-state index is 0.0589. The molecule has 1 heterocycles. The molecule has 0 saturated carbocycles. The summed E-state index contributed by atoms with van der Waals surface area (Å²) in [6, 6.07) is 22.4. The highest BCUT2D eigenvalue weighted by molar-refractivity contribution is 8.00. The van der Waals surface area contributed by atoms with E-state index in [0.29, 0.717) is 12.2 Å². The number of hydrogen-bond acceptors (Lipinski definition) is 4. The summed E-state index contributed by atoms with van der Waals surface area (Å²) in [5, 5.41) is 5.62. The Bertz CT molecular complexity index is 884. The van der Waals surface area contributed by atoms with Crippen LogP contribution in [0, 0.1) is 0 Å². The third-order valence-corrected chi connectivity index (χ3v) is 4.66. The van der Waals surface area contributed by atoms with Gasteiger partial charge in [0.05, 0.1) is 12.2 Å². The van der Waals surface area contributed by atoms with E-state index in [9.17, 15) is 9.59 Å². The lowest BCUT2D eigenvalue weighted by atomic mass is 10.1. The first kappa shape index (κ1) is 18.7. The molecule has 0 unspecified atom stereocenters. The highest BCUT2D eigenvalue weighted by atomic mass is 32.2. The highest BCUT2D eigenvalue weighted by Gasteiger charge is 2.06. The maximum atomic E-state index is 12.1. The van der Waals surface area contributed by atoms with Crippen LogP contribution < -0.4 is 10.6 Å². The monoisotopic (exact) mass is 377 g/mol. The first-order chi connectivity index (χ1) is 13.2. The topological polar surface area (TPSA) is 71.1 Å². The maximum absolute atomic E-state index is 12.1. The number of benzene rings is 2. The molecule has 6 heteroatoms. The number of anilines is 2. The van der Waals surface area contributed by atoms with E-state index in [-0.39, 0.29) is 17.6 Å². The van der Waals surface area contributed by atoms with Crippen LogP contribution in [-0.4, -0.2) is 22.6 Å². The molecule has 2 amide bonds. The van der Waals surface area contributed by atoms with Gasteiger partial charge in [0.2, 0.25) is 11.8 Å². The van der Waals surface area contributed by atoms with E-state index < -0.39 is 0 Å². The molecule has 5 nitrogen and oxygen atoms in total. The van der Waals surface area contributed by atoms with E-state index in [2.05, 4.69) is 15.6 Å². The fraction of sp³-hybridized carbons (Fsp3) is 0.0952. The maximum Gasteiger partial charge on any atom is 0.235 e. The van der Waals surface area contributed by atoms with Crippen LogP contribution in [0.3, 0.4) is 0 Å². The van der Waals surface area contributed by atoms with Gasteiger partial charge in [-0.15, -0.1) is 11.8 Å². The van der Waals surface area contributed by atoms with Crippen molar-refractivity contribution in [2.45, 2.75) is 11.3 Å². The number of hydrogen-bond donors (Lipinski definition) is 2. The molecule has 2 N–H and O–H groups in total. The first-order valence-corrected chi connectivity index (χ1v) is 9.45. The molecular formula is C21H19N3O2S. The van der Waals surface area contributed by atoms with Gasteiger partial charge in [-0.05, 0) is 42.0 Å². The molecule has 136 valence electrons. The molecule has 3 aromatic rings. The second-order valence-corrected chi connectivity index (χ2v) is 6.84. The number of aromatic nitrogens is 1. The minimum atomic E-state index is -0.112. The molecule has 3 rings (SSSR count). The molecule has 0 saturated heterocycles. The Morgan fingerprint density at radius 1 is 0.815 bits per heavy atom. The summed E-state index contributed by atoms with van der Waals surface area (Å²) in [4.78, 5) is 29.0. The Hall–Kier alpha value is -3.12. The van der Waals surface area contributed by atoms with Crippen molar-refractivity contribution < 1.29 is 9.59 Å². The lowest BCUT2D eigenvalue weighted by Gasteiger charge is -2.07. The van der Waals surface area contributed by atoms with Gasteiger partial charge in [-0.2, -0.15) is 0 Å². The summed E-state index contributed by atoms with van der Waals surface area (Å²) in [5.74, 6) is 0.658. The predicted molar refractivity (Wildman–Crippen MR) is 109 cm³/mol. The zero-order valence-electron chi connectivity index (χ0n) is 14.6. The molecule has 27 heavy (non-hydrogen) atoms. The average molecular weight is 377 g/mol. The van der Waals surface area contributed by atoms with E-state index in [4.69, 9.17) is 0 Å². The molecule has 0 aliphatic rings. The Morgan fingerprint density at radius 2 is 1.56 bits per heavy atom. The van der Waals surface area contributed by atoms with Crippen molar-refractivity contribution in [2.24, 2.45) is 0 Å². The van der Waals surface area contributed by atoms with Crippen LogP contribution in [0.2, 0.25) is 0 Å². The zero-order valence-corrected chi connectivity index (χ0v) is 15.4. The van der Waals surface area contributed by atoms with Crippen LogP contribution in [-0.2, 0) is 16.0 Å². The second kappa shape index (κ2) is 9.54. The molecule has 0 fully saturated rings. The molecule has 0 atom stereocenters. The summed E-state index contributed by atoms with van der Waals surface area (Å²) in [6.07, 6.45) is 1.97. The SMILES string of the molecule is O=C(Cc1ccccc1)Nc1ccc(SCC(=O)Nc2ccccn2)cc1. The molecule has 2 aromatic carbocycles. The van der Waals surface area contributed by atoms with Gasteiger partial charge in [0, 0.05) is 16.8 Å². The predicted octanol–water partition coefficient (Wildman–Crippen LogP) is 3.99. The highest BCUT2D eigenvalue weighted by Crippen LogP contribution is 2.20. The van der Waals surface area contributed by atoms with Gasteiger partial charge in [0.15, 0.2) is 0 Å². The number of carbonyl (C=O) groups is 2. The fourth-order valence-electron chi connectivity index (χ4n) is 2.39. The van der Waals surface area contributed by atoms with Crippen LogP contribution in [0.15, 0.2) is 83.9 Å². The smallest absolute Gasteiger partial charge is 0.235 e. The summed E-state index contributed by atoms with van der Waals surface area (Å²) in [5.41, 5.74) is 1.71. The van der Waals surface area contributed by atoms with E-state index in [1.54, 1.807) is 18.3 Å². The summed E-state index contributed by atoms with van der Waals surface area (Å²) < 4.78 is 0. The molecule has 0 aliphatic carbocycles. The molecule has 0 aliphatic heterocycles. The molecule has 1 aromatic heterocycles. The third kappa shape index (κ3) is 6.27. The fourth-order valence-corrected chi connectivity index (χ4v) is 3.08. The number of nitrogens with one attached hydrogen (secondary N) is 2. The second-order valence-electron chi connectivity index (χ2n) is 5.79. The summed E-state index contributed by atoms with van der Waals surface area (Å²) in [6.45, 7) is 0. The van der Waals surface area contributed by atoms with Crippen LogP contribution in [0.1, 0.15) is 5.56 Å². The van der Waals surface area contributed by atoms with Crippen molar-refractivity contribution in [1.29, 1.82) is 0 Å². The molecule has 0 radical (unpaired) electrons. The van der Waals surface area contributed by atoms with E-state index in [0.717, 1.165) is 16.1 Å². The van der Waals surface area contributed by atoms with Crippen molar-refractivity contribution in [1.82, 2.24) is 4.98 Å². The van der Waals surface area contributed by atoms with Crippen LogP contribution >= 0.6 is 11.8 Å². The molecule has 0 bridgehead atoms. The summed E-state index contributed by atoms with van der Waals surface area (Å²) >= 11 is 1.43. The number of amides is 2. The lowest BCUT2D eigenvalue weighted by Crippen LogP contribution is -2.15. The number of nitrogens with zero attached hydrogens (tertiary/aromatic N) is 1. The van der Waals surface area contributed by atoms with E-state index >= 15 is 0 Å². The van der Waals surface area contributed by atoms with Gasteiger partial charge >= 0.3 is 0 Å². The van der Waals surface area contributed by atoms with Gasteiger partial charge in [0.25, 0.3) is 0 Å². The van der Waals surface area contributed by atoms with Crippen LogP contribution in [0.5, 0.6) is 0 Å². The first-order valence-electron chi connectivity index (χ1n) is 8.46. The molecular weight excluding hydrogens is 358 g/mol. The largest absolute Gasteiger partial charge is 0.326 e. The Morgan fingerprint density at radius 3 is 2.26 bits per heavy atom. The van der Waals surface area contributed by atoms with Gasteiger partial charge in [0.1, 0.15) is 5.82 Å². The van der Waals surface area contributed by atoms with Gasteiger partial charge in [-0.1, -0.05) is 36.4 Å². The zero-order chi connectivity index (χ0) is 18.9. The van der Waals surface area contributed by atoms with Crippen molar-refractivity contribution in [2.75, 3.05) is 16.4 Å². The van der Waals surface area contributed by atoms with Crippen molar-refractivity contribution in [3.63, 3.8) is 0 Å². The van der Waals surface area contributed by atoms with Gasteiger partial charge in [-0.25, -0.2) is 4.98 Å². The molecule has 0 spiro atoms. The number of carbonyl (C=O) groups excluding carboxylic acids is 2. The van der Waals surface area contributed by atoms with Crippen molar-refractivity contribution in [3.05, 3.63) is 84.6 Å². The Kier molecular flexibility index (Phi) is 6.60. The Labute approximate surface area is 162 Å². The number of thioether (sulfide) groups is 1. The quantitative estimate of drug-likeness (QED) is 0.611.